The summed E-state index contributed by atoms with van der Waals surface area (Å²) in [4.78, 5) is 34.1. The fraction of sp³-hybridized carbons (Fsp3) is 0.368. The molecule has 0 amide bonds. The number of aliphatic carboxylic acids is 2. The Morgan fingerprint density at radius 2 is 1.13 bits per heavy atom. The van der Waals surface area contributed by atoms with Gasteiger partial charge in [-0.15, -0.1) is 0 Å². The molecular formula is C57H58N4O6. The van der Waals surface area contributed by atoms with Crippen LogP contribution in [0, 0.1) is 37.5 Å². The molecule has 2 saturated carbocycles. The molecule has 4 aromatic carbocycles. The number of aryl methyl sites for hydroxylation is 2. The molecule has 8 atom stereocenters. The number of nitrogens with zero attached hydrogens (tertiary/aromatic N) is 3. The number of benzene rings is 4. The highest BCUT2D eigenvalue weighted by Crippen LogP contribution is 2.62. The summed E-state index contributed by atoms with van der Waals surface area (Å²) in [5.41, 5.74) is 17.2. The molecule has 10 nitrogen and oxygen atoms in total. The Bertz CT molecular complexity index is 3000. The Labute approximate surface area is 392 Å². The van der Waals surface area contributed by atoms with Crippen LogP contribution in [-0.2, 0) is 46.7 Å². The van der Waals surface area contributed by atoms with Crippen molar-refractivity contribution in [1.29, 1.82) is 0 Å². The third kappa shape index (κ3) is 7.31. The van der Waals surface area contributed by atoms with Gasteiger partial charge < -0.3 is 19.7 Å². The van der Waals surface area contributed by atoms with Crippen molar-refractivity contribution < 1.29 is 29.3 Å². The van der Waals surface area contributed by atoms with E-state index in [2.05, 4.69) is 154 Å². The topological polar surface area (TPSA) is 134 Å². The summed E-state index contributed by atoms with van der Waals surface area (Å²) in [5, 5.41) is 22.4. The van der Waals surface area contributed by atoms with Gasteiger partial charge in [0.05, 0.1) is 23.9 Å². The van der Waals surface area contributed by atoms with Crippen LogP contribution in [0.3, 0.4) is 0 Å². The molecule has 4 aliphatic carbocycles. The van der Waals surface area contributed by atoms with Crippen molar-refractivity contribution in [2.24, 2.45) is 23.7 Å². The van der Waals surface area contributed by atoms with Crippen LogP contribution in [0.25, 0.3) is 0 Å². The van der Waals surface area contributed by atoms with Gasteiger partial charge in [0.25, 0.3) is 0 Å². The van der Waals surface area contributed by atoms with Gasteiger partial charge in [-0.2, -0.15) is 0 Å². The number of fused-ring (bicyclic) bond motifs is 8. The molecule has 342 valence electrons. The first-order chi connectivity index (χ1) is 32.1. The molecule has 3 N–H and O–H groups in total. The molecule has 0 spiro atoms. The van der Waals surface area contributed by atoms with E-state index in [1.807, 2.05) is 24.5 Å². The lowest BCUT2D eigenvalue weighted by atomic mass is 9.90. The number of hydrogen-bond donors (Lipinski definition) is 3. The maximum absolute atomic E-state index is 11.3. The predicted octanol–water partition coefficient (Wildman–Crippen LogP) is 10.1. The van der Waals surface area contributed by atoms with Gasteiger partial charge in [0.1, 0.15) is 13.2 Å². The zero-order valence-corrected chi connectivity index (χ0v) is 39.2. The highest BCUT2D eigenvalue weighted by atomic mass is 16.5. The Balaban J connectivity index is 0.000000148. The van der Waals surface area contributed by atoms with E-state index in [1.54, 1.807) is 0 Å². The van der Waals surface area contributed by atoms with E-state index >= 15 is 0 Å². The highest BCUT2D eigenvalue weighted by molar-refractivity contribution is 5.78. The van der Waals surface area contributed by atoms with E-state index in [-0.39, 0.29) is 58.7 Å². The monoisotopic (exact) mass is 894 g/mol. The van der Waals surface area contributed by atoms with E-state index in [0.717, 1.165) is 35.1 Å². The van der Waals surface area contributed by atoms with E-state index in [1.165, 1.54) is 55.6 Å². The number of pyridine rings is 2. The van der Waals surface area contributed by atoms with Crippen LogP contribution in [0.4, 0.5) is 0 Å². The summed E-state index contributed by atoms with van der Waals surface area (Å²) in [6.07, 6.45) is 5.27. The molecule has 6 aromatic rings. The van der Waals surface area contributed by atoms with Gasteiger partial charge in [0.2, 0.25) is 11.8 Å². The summed E-state index contributed by atoms with van der Waals surface area (Å²) in [7, 11) is 2.21. The molecular weight excluding hydrogens is 837 g/mol. The molecule has 12 rings (SSSR count). The lowest BCUT2D eigenvalue weighted by Gasteiger charge is -2.33. The maximum atomic E-state index is 11.3. The lowest BCUT2D eigenvalue weighted by Crippen LogP contribution is -2.34. The SMILES string of the molecule is Cc1ccccc1C1NC(C)(C)c2ccc(COc3cc4c(cn3)[C@H]3[C@@H](C4)[C@@H]3C(=O)O)cc21.Cc1ccccc1C1c2cc(COc3cc4c(cn3)[C@H]3[C@@H](C4)[C@@H]3C(=O)O)ccc2C(C)(C)N1C. The molecule has 10 heteroatoms. The number of carbonyl (C=O) groups is 2. The Hall–Kier alpha value is -6.36. The van der Waals surface area contributed by atoms with E-state index in [0.29, 0.717) is 25.0 Å². The van der Waals surface area contributed by atoms with E-state index in [4.69, 9.17) is 9.47 Å². The van der Waals surface area contributed by atoms with Crippen LogP contribution in [-0.4, -0.2) is 44.1 Å². The van der Waals surface area contributed by atoms with Gasteiger partial charge in [-0.3, -0.25) is 19.8 Å². The average molecular weight is 895 g/mol. The Morgan fingerprint density at radius 3 is 1.66 bits per heavy atom. The van der Waals surface area contributed by atoms with Crippen molar-refractivity contribution >= 4 is 11.9 Å². The zero-order chi connectivity index (χ0) is 46.7. The largest absolute Gasteiger partial charge is 0.481 e. The molecule has 67 heavy (non-hydrogen) atoms. The predicted molar refractivity (Wildman–Crippen MR) is 255 cm³/mol. The number of ether oxygens (including phenoxy) is 2. The fourth-order valence-corrected chi connectivity index (χ4v) is 12.3. The normalized spacial score (nSPS) is 25.9. The number of nitrogens with one attached hydrogen (secondary N) is 1. The maximum Gasteiger partial charge on any atom is 0.307 e. The number of rotatable bonds is 10. The minimum atomic E-state index is -0.686. The van der Waals surface area contributed by atoms with Crippen LogP contribution in [0.5, 0.6) is 11.8 Å². The Kier molecular flexibility index (Phi) is 10.2. The number of aromatic nitrogens is 2. The fourth-order valence-electron chi connectivity index (χ4n) is 12.3. The third-order valence-electron chi connectivity index (χ3n) is 16.2. The first kappa shape index (κ1) is 43.2. The molecule has 6 aliphatic rings. The van der Waals surface area contributed by atoms with Crippen molar-refractivity contribution in [3.05, 3.63) is 187 Å². The second kappa shape index (κ2) is 15.9. The molecule has 0 saturated heterocycles. The second-order valence-corrected chi connectivity index (χ2v) is 20.9. The van der Waals surface area contributed by atoms with Crippen LogP contribution >= 0.6 is 0 Å². The summed E-state index contributed by atoms with van der Waals surface area (Å²) >= 11 is 0. The number of carboxylic acids is 2. The van der Waals surface area contributed by atoms with Crippen molar-refractivity contribution in [2.75, 3.05) is 7.05 Å². The van der Waals surface area contributed by atoms with Gasteiger partial charge >= 0.3 is 11.9 Å². The second-order valence-electron chi connectivity index (χ2n) is 20.9. The van der Waals surface area contributed by atoms with E-state index < -0.39 is 11.9 Å². The van der Waals surface area contributed by atoms with Crippen molar-refractivity contribution in [2.45, 2.75) is 103 Å². The zero-order valence-electron chi connectivity index (χ0n) is 39.2. The Morgan fingerprint density at radius 1 is 0.642 bits per heavy atom. The van der Waals surface area contributed by atoms with E-state index in [9.17, 15) is 19.8 Å². The number of hydrogen-bond acceptors (Lipinski definition) is 8. The molecule has 2 aromatic heterocycles. The highest BCUT2D eigenvalue weighted by Gasteiger charge is 2.61. The van der Waals surface area contributed by atoms with Crippen LogP contribution in [0.1, 0.15) is 130 Å². The van der Waals surface area contributed by atoms with Gasteiger partial charge in [-0.1, -0.05) is 84.9 Å². The smallest absolute Gasteiger partial charge is 0.307 e. The minimum absolute atomic E-state index is 0.0577. The molecule has 2 aliphatic heterocycles. The standard InChI is InChI=1S/C29H30N2O3.C28H28N2O3/c1-16-7-5-6-8-19(16)27-20-11-17(9-10-23(20)29(2,3)31(27)4)15-34-24-13-18-12-21-25(22(18)14-30-24)26(21)28(32)33;1-15-6-4-5-7-18(15)26-19-10-16(8-9-22(19)28(2,3)30-26)14-33-23-12-17-11-20-24(21(17)13-29-23)25(20)27(31)32/h5-11,13-14,21,25-27H,12,15H2,1-4H3,(H,32,33);4-10,12-13,20,24-26,30H,11,14H2,1-3H3,(H,31,32)/t21-,25-,26+,27?;20-,24-,25+,26?/m11/s1. The molecule has 2 fully saturated rings. The van der Waals surface area contributed by atoms with Crippen molar-refractivity contribution in [3.8, 4) is 11.8 Å². The van der Waals surface area contributed by atoms with Gasteiger partial charge in [0.15, 0.2) is 0 Å². The molecule has 0 bridgehead atoms. The quantitative estimate of drug-likeness (QED) is 0.122. The lowest BCUT2D eigenvalue weighted by molar-refractivity contribution is -0.140. The summed E-state index contributed by atoms with van der Waals surface area (Å²) in [5.74, 6) is 0.156. The van der Waals surface area contributed by atoms with Crippen LogP contribution in [0.2, 0.25) is 0 Å². The minimum Gasteiger partial charge on any atom is -0.481 e. The van der Waals surface area contributed by atoms with Gasteiger partial charge in [-0.25, -0.2) is 9.97 Å². The van der Waals surface area contributed by atoms with Crippen LogP contribution < -0.4 is 14.8 Å². The van der Waals surface area contributed by atoms with Crippen molar-refractivity contribution in [1.82, 2.24) is 20.2 Å². The summed E-state index contributed by atoms with van der Waals surface area (Å²) in [6, 6.07) is 34.9. The summed E-state index contributed by atoms with van der Waals surface area (Å²) in [6.45, 7) is 14.3. The molecule has 0 radical (unpaired) electrons. The average Bonchev–Trinajstić information content (AvgIpc) is 4.04. The van der Waals surface area contributed by atoms with Gasteiger partial charge in [-0.05, 0) is 151 Å². The van der Waals surface area contributed by atoms with Crippen LogP contribution in [0.15, 0.2) is 109 Å². The number of carboxylic acid groups (broad SMARTS) is 2. The summed E-state index contributed by atoms with van der Waals surface area (Å²) < 4.78 is 12.2. The molecule has 4 heterocycles. The first-order valence-electron chi connectivity index (χ1n) is 23.7. The third-order valence-corrected chi connectivity index (χ3v) is 16.2. The first-order valence-corrected chi connectivity index (χ1v) is 23.7. The molecule has 2 unspecified atom stereocenters. The van der Waals surface area contributed by atoms with Crippen molar-refractivity contribution in [3.63, 3.8) is 0 Å². The van der Waals surface area contributed by atoms with Gasteiger partial charge in [0, 0.05) is 47.4 Å².